The van der Waals surface area contributed by atoms with Crippen LogP contribution in [0.2, 0.25) is 0 Å². The lowest BCUT2D eigenvalue weighted by molar-refractivity contribution is 0.214. The molecule has 0 radical (unpaired) electrons. The maximum Gasteiger partial charge on any atom is 0.199 e. The first kappa shape index (κ1) is 18.2. The Balaban J connectivity index is 1.94. The number of hydrogen-bond acceptors (Lipinski definition) is 5. The second kappa shape index (κ2) is 8.22. The maximum atomic E-state index is 14.3. The van der Waals surface area contributed by atoms with Gasteiger partial charge in [0.25, 0.3) is 0 Å². The molecule has 0 N–H and O–H groups in total. The van der Waals surface area contributed by atoms with Crippen molar-refractivity contribution in [2.45, 2.75) is 38.4 Å². The van der Waals surface area contributed by atoms with E-state index in [1.54, 1.807) is 22.9 Å². The van der Waals surface area contributed by atoms with Crippen molar-refractivity contribution in [1.82, 2.24) is 19.2 Å². The molecule has 0 bridgehead atoms. The van der Waals surface area contributed by atoms with Gasteiger partial charge in [-0.2, -0.15) is 15.6 Å². The fraction of sp³-hybridized carbons (Fsp3) is 0.444. The van der Waals surface area contributed by atoms with Gasteiger partial charge in [0.05, 0.1) is 24.4 Å². The number of nitrogens with zero attached hydrogens (tertiary/aromatic N) is 6. The predicted molar refractivity (Wildman–Crippen MR) is 96.7 cm³/mol. The molecule has 0 saturated heterocycles. The van der Waals surface area contributed by atoms with Crippen molar-refractivity contribution in [3.05, 3.63) is 34.9 Å². The molecule has 0 unspecified atom stereocenters. The maximum absolute atomic E-state index is 14.3. The summed E-state index contributed by atoms with van der Waals surface area (Å²) in [6.07, 6.45) is 2.74. The Kier molecular flexibility index (Phi) is 5.77. The standard InChI is InChI=1S/C18H19FN6S/c19-16-6-2-1-5-15(16)17-22-24(18(26)25(17)14-7-8-14)13-23(11-3-9-20)12-4-10-21/h1-2,5-6,14H,3-4,7-8,11-13H2. The first-order valence-corrected chi connectivity index (χ1v) is 8.97. The van der Waals surface area contributed by atoms with E-state index < -0.39 is 0 Å². The molecular weight excluding hydrogens is 351 g/mol. The summed E-state index contributed by atoms with van der Waals surface area (Å²) in [4.78, 5) is 1.97. The lowest BCUT2D eigenvalue weighted by Crippen LogP contribution is -2.29. The molecule has 1 aromatic heterocycles. The molecule has 8 heteroatoms. The van der Waals surface area contributed by atoms with Gasteiger partial charge in [-0.25, -0.2) is 9.07 Å². The van der Waals surface area contributed by atoms with Crippen molar-refractivity contribution in [2.75, 3.05) is 13.1 Å². The highest BCUT2D eigenvalue weighted by Crippen LogP contribution is 2.39. The monoisotopic (exact) mass is 370 g/mol. The van der Waals surface area contributed by atoms with Gasteiger partial charge in [-0.05, 0) is 37.2 Å². The Bertz CT molecular complexity index is 897. The van der Waals surface area contributed by atoms with Gasteiger partial charge >= 0.3 is 0 Å². The van der Waals surface area contributed by atoms with E-state index in [0.717, 1.165) is 12.8 Å². The van der Waals surface area contributed by atoms with Gasteiger partial charge in [-0.3, -0.25) is 9.47 Å². The molecule has 0 atom stereocenters. The Morgan fingerprint density at radius 1 is 1.19 bits per heavy atom. The van der Waals surface area contributed by atoms with Crippen LogP contribution in [0.4, 0.5) is 4.39 Å². The van der Waals surface area contributed by atoms with E-state index >= 15 is 0 Å². The van der Waals surface area contributed by atoms with Gasteiger partial charge in [0.1, 0.15) is 5.82 Å². The first-order chi connectivity index (χ1) is 12.7. The fourth-order valence-electron chi connectivity index (χ4n) is 2.86. The SMILES string of the molecule is N#CCCN(CCC#N)Cn1nc(-c2ccccc2F)n(C2CC2)c1=S. The molecule has 1 fully saturated rings. The van der Waals surface area contributed by atoms with Crippen LogP contribution in [-0.2, 0) is 6.67 Å². The molecule has 1 aliphatic carbocycles. The minimum atomic E-state index is -0.327. The van der Waals surface area contributed by atoms with Crippen molar-refractivity contribution in [2.24, 2.45) is 0 Å². The van der Waals surface area contributed by atoms with E-state index in [9.17, 15) is 4.39 Å². The molecule has 0 aliphatic heterocycles. The quantitative estimate of drug-likeness (QED) is 0.663. The molecule has 134 valence electrons. The van der Waals surface area contributed by atoms with Gasteiger partial charge in [-0.1, -0.05) is 12.1 Å². The topological polar surface area (TPSA) is 73.6 Å². The highest BCUT2D eigenvalue weighted by molar-refractivity contribution is 7.71. The Morgan fingerprint density at radius 2 is 1.85 bits per heavy atom. The average molecular weight is 370 g/mol. The van der Waals surface area contributed by atoms with Crippen LogP contribution in [0.15, 0.2) is 24.3 Å². The number of nitriles is 2. The van der Waals surface area contributed by atoms with Gasteiger partial charge < -0.3 is 0 Å². The number of hydrogen-bond donors (Lipinski definition) is 0. The van der Waals surface area contributed by atoms with Crippen molar-refractivity contribution in [1.29, 1.82) is 10.5 Å². The zero-order chi connectivity index (χ0) is 18.5. The van der Waals surface area contributed by atoms with E-state index in [4.69, 9.17) is 22.7 Å². The van der Waals surface area contributed by atoms with E-state index in [1.807, 2.05) is 9.47 Å². The van der Waals surface area contributed by atoms with Crippen LogP contribution < -0.4 is 0 Å². The second-order valence-corrected chi connectivity index (χ2v) is 6.63. The summed E-state index contributed by atoms with van der Waals surface area (Å²) in [5.41, 5.74) is 0.435. The van der Waals surface area contributed by atoms with Gasteiger partial charge in [0.2, 0.25) is 0 Å². The summed E-state index contributed by atoms with van der Waals surface area (Å²) in [7, 11) is 0. The van der Waals surface area contributed by atoms with Gasteiger partial charge in [0.15, 0.2) is 10.6 Å². The molecular formula is C18H19FN6S. The molecule has 1 heterocycles. The molecule has 0 amide bonds. The van der Waals surface area contributed by atoms with E-state index in [1.165, 1.54) is 6.07 Å². The number of benzene rings is 1. The molecule has 1 aromatic carbocycles. The Morgan fingerprint density at radius 3 is 2.42 bits per heavy atom. The third-order valence-corrected chi connectivity index (χ3v) is 4.72. The van der Waals surface area contributed by atoms with E-state index in [2.05, 4.69) is 17.2 Å². The minimum absolute atomic E-state index is 0.262. The van der Waals surface area contributed by atoms with Crippen LogP contribution in [0.3, 0.4) is 0 Å². The lowest BCUT2D eigenvalue weighted by atomic mass is 10.2. The van der Waals surface area contributed by atoms with Crippen LogP contribution in [0.1, 0.15) is 31.7 Å². The lowest BCUT2D eigenvalue weighted by Gasteiger charge is -2.19. The molecule has 1 aliphatic rings. The minimum Gasteiger partial charge on any atom is -0.297 e. The van der Waals surface area contributed by atoms with E-state index in [0.29, 0.717) is 48.8 Å². The summed E-state index contributed by atoms with van der Waals surface area (Å²) in [6, 6.07) is 11.1. The molecule has 2 aromatic rings. The van der Waals surface area contributed by atoms with Crippen LogP contribution in [0.25, 0.3) is 11.4 Å². The van der Waals surface area contributed by atoms with Crippen LogP contribution >= 0.6 is 12.2 Å². The van der Waals surface area contributed by atoms with Crippen LogP contribution in [0, 0.1) is 33.3 Å². The zero-order valence-electron chi connectivity index (χ0n) is 14.3. The third kappa shape index (κ3) is 3.98. The highest BCUT2D eigenvalue weighted by atomic mass is 32.1. The van der Waals surface area contributed by atoms with Crippen molar-refractivity contribution >= 4 is 12.2 Å². The highest BCUT2D eigenvalue weighted by Gasteiger charge is 2.30. The fourth-order valence-corrected chi connectivity index (χ4v) is 3.19. The Labute approximate surface area is 156 Å². The normalized spacial score (nSPS) is 13.5. The summed E-state index contributed by atoms with van der Waals surface area (Å²) in [5.74, 6) is 0.212. The van der Waals surface area contributed by atoms with Crippen molar-refractivity contribution in [3.63, 3.8) is 0 Å². The smallest absolute Gasteiger partial charge is 0.199 e. The van der Waals surface area contributed by atoms with Gasteiger partial charge in [-0.15, -0.1) is 0 Å². The molecule has 0 spiro atoms. The van der Waals surface area contributed by atoms with Crippen LogP contribution in [-0.4, -0.2) is 32.3 Å². The molecule has 3 rings (SSSR count). The molecule has 6 nitrogen and oxygen atoms in total. The Hall–Kier alpha value is -2.55. The van der Waals surface area contributed by atoms with Crippen molar-refractivity contribution in [3.8, 4) is 23.5 Å². The predicted octanol–water partition coefficient (Wildman–Crippen LogP) is 3.64. The largest absolute Gasteiger partial charge is 0.297 e. The zero-order valence-corrected chi connectivity index (χ0v) is 15.1. The first-order valence-electron chi connectivity index (χ1n) is 8.56. The summed E-state index contributed by atoms with van der Waals surface area (Å²) in [5, 5.41) is 22.3. The van der Waals surface area contributed by atoms with Gasteiger partial charge in [0, 0.05) is 32.0 Å². The average Bonchev–Trinajstić information content (AvgIpc) is 3.42. The summed E-state index contributed by atoms with van der Waals surface area (Å²) < 4.78 is 18.4. The second-order valence-electron chi connectivity index (χ2n) is 6.26. The molecule has 1 saturated carbocycles. The molecule has 26 heavy (non-hydrogen) atoms. The van der Waals surface area contributed by atoms with Crippen LogP contribution in [0.5, 0.6) is 0 Å². The summed E-state index contributed by atoms with van der Waals surface area (Å²) in [6.45, 7) is 1.44. The van der Waals surface area contributed by atoms with Crippen molar-refractivity contribution < 1.29 is 4.39 Å². The van der Waals surface area contributed by atoms with E-state index in [-0.39, 0.29) is 11.9 Å². The number of aromatic nitrogens is 3. The number of rotatable bonds is 8. The summed E-state index contributed by atoms with van der Waals surface area (Å²) >= 11 is 5.60. The third-order valence-electron chi connectivity index (χ3n) is 4.31. The number of halogens is 1.